The molecule has 100 valence electrons. The molecule has 0 spiro atoms. The van der Waals surface area contributed by atoms with Gasteiger partial charge in [-0.2, -0.15) is 0 Å². The van der Waals surface area contributed by atoms with Crippen molar-refractivity contribution in [2.45, 2.75) is 18.9 Å². The zero-order chi connectivity index (χ0) is 13.5. The topological polar surface area (TPSA) is 96.9 Å². The predicted molar refractivity (Wildman–Crippen MR) is 67.9 cm³/mol. The lowest BCUT2D eigenvalue weighted by atomic mass is 10.0. The molecule has 1 aliphatic heterocycles. The van der Waals surface area contributed by atoms with Crippen LogP contribution < -0.4 is 15.8 Å². The first-order valence-corrected chi connectivity index (χ1v) is 6.18. The largest absolute Gasteiger partial charge is 0.491 e. The van der Waals surface area contributed by atoms with Gasteiger partial charge in [0.05, 0.1) is 6.04 Å². The molecule has 1 aliphatic carbocycles. The van der Waals surface area contributed by atoms with Crippen LogP contribution in [-0.4, -0.2) is 23.6 Å². The van der Waals surface area contributed by atoms with Crippen LogP contribution in [0.1, 0.15) is 24.4 Å². The van der Waals surface area contributed by atoms with E-state index in [1.807, 2.05) is 24.3 Å². The molecule has 0 saturated heterocycles. The van der Waals surface area contributed by atoms with E-state index < -0.39 is 5.41 Å². The summed E-state index contributed by atoms with van der Waals surface area (Å²) in [5.41, 5.74) is 5.73. The second-order valence-electron chi connectivity index (χ2n) is 4.94. The zero-order valence-corrected chi connectivity index (χ0v) is 10.3. The summed E-state index contributed by atoms with van der Waals surface area (Å²) in [4.78, 5) is 12.3. The average molecular weight is 261 g/mol. The van der Waals surface area contributed by atoms with E-state index in [1.165, 1.54) is 0 Å². The van der Waals surface area contributed by atoms with E-state index >= 15 is 0 Å². The van der Waals surface area contributed by atoms with Crippen molar-refractivity contribution < 1.29 is 14.7 Å². The lowest BCUT2D eigenvalue weighted by Gasteiger charge is -2.17. The summed E-state index contributed by atoms with van der Waals surface area (Å²) < 4.78 is 5.51. The molecule has 1 aromatic carbocycles. The average Bonchev–Trinajstić information content (AvgIpc) is 3.16. The Morgan fingerprint density at radius 2 is 2.21 bits per heavy atom. The molecule has 19 heavy (non-hydrogen) atoms. The third-order valence-electron chi connectivity index (χ3n) is 3.79. The van der Waals surface area contributed by atoms with Gasteiger partial charge in [-0.05, 0) is 18.9 Å². The van der Waals surface area contributed by atoms with Crippen LogP contribution in [-0.2, 0) is 4.79 Å². The Bertz CT molecular complexity index is 552. The van der Waals surface area contributed by atoms with Crippen molar-refractivity contribution in [3.05, 3.63) is 29.8 Å². The number of oxime groups is 1. The number of carbonyl (C=O) groups excluding carboxylic acids is 1. The molecule has 4 N–H and O–H groups in total. The maximum Gasteiger partial charge on any atom is 0.234 e. The van der Waals surface area contributed by atoms with Crippen molar-refractivity contribution in [2.24, 2.45) is 16.3 Å². The van der Waals surface area contributed by atoms with Gasteiger partial charge in [0.2, 0.25) is 5.91 Å². The maximum absolute atomic E-state index is 12.3. The van der Waals surface area contributed by atoms with Crippen LogP contribution in [0.15, 0.2) is 29.4 Å². The number of benzene rings is 1. The molecule has 1 heterocycles. The number of hydrogen-bond donors (Lipinski definition) is 3. The van der Waals surface area contributed by atoms with Gasteiger partial charge in [-0.3, -0.25) is 4.79 Å². The summed E-state index contributed by atoms with van der Waals surface area (Å²) in [5, 5.41) is 14.6. The summed E-state index contributed by atoms with van der Waals surface area (Å²) in [6.45, 7) is 0.414. The molecular formula is C13H15N3O3. The number of para-hydroxylation sites is 1. The summed E-state index contributed by atoms with van der Waals surface area (Å²) >= 11 is 0. The molecule has 1 atom stereocenters. The first-order valence-electron chi connectivity index (χ1n) is 6.18. The van der Waals surface area contributed by atoms with Gasteiger partial charge < -0.3 is 21.0 Å². The third-order valence-corrected chi connectivity index (χ3v) is 3.79. The van der Waals surface area contributed by atoms with Crippen molar-refractivity contribution in [3.8, 4) is 5.75 Å². The monoisotopic (exact) mass is 261 g/mol. The number of carbonyl (C=O) groups is 1. The standard InChI is InChI=1S/C13H15N3O3/c14-11(16-18)13(5-6-13)12(17)15-9-7-19-10-4-2-1-3-8(9)10/h1-4,9,18H,5-7H2,(H2,14,16)(H,15,17). The summed E-state index contributed by atoms with van der Waals surface area (Å²) in [5.74, 6) is 0.576. The van der Waals surface area contributed by atoms with Gasteiger partial charge in [0.25, 0.3) is 0 Å². The number of amides is 1. The number of rotatable bonds is 3. The fourth-order valence-electron chi connectivity index (χ4n) is 2.40. The number of nitrogens with one attached hydrogen (secondary N) is 1. The van der Waals surface area contributed by atoms with Gasteiger partial charge in [0.15, 0.2) is 5.84 Å². The third kappa shape index (κ3) is 1.80. The molecule has 1 fully saturated rings. The Morgan fingerprint density at radius 1 is 1.47 bits per heavy atom. The highest BCUT2D eigenvalue weighted by molar-refractivity contribution is 6.09. The Morgan fingerprint density at radius 3 is 2.89 bits per heavy atom. The molecule has 1 unspecified atom stereocenters. The Labute approximate surface area is 110 Å². The van der Waals surface area contributed by atoms with Crippen molar-refractivity contribution >= 4 is 11.7 Å². The number of hydrogen-bond acceptors (Lipinski definition) is 4. The van der Waals surface area contributed by atoms with Crippen LogP contribution in [0.2, 0.25) is 0 Å². The van der Waals surface area contributed by atoms with Crippen LogP contribution >= 0.6 is 0 Å². The quantitative estimate of drug-likeness (QED) is 0.324. The summed E-state index contributed by atoms with van der Waals surface area (Å²) in [7, 11) is 0. The number of ether oxygens (including phenoxy) is 1. The molecule has 0 radical (unpaired) electrons. The van der Waals surface area contributed by atoms with E-state index in [9.17, 15) is 4.79 Å². The van der Waals surface area contributed by atoms with Crippen molar-refractivity contribution in [1.29, 1.82) is 0 Å². The molecule has 1 aromatic rings. The van der Waals surface area contributed by atoms with E-state index in [-0.39, 0.29) is 17.8 Å². The number of nitrogens with two attached hydrogens (primary N) is 1. The van der Waals surface area contributed by atoms with Crippen LogP contribution in [0.5, 0.6) is 5.75 Å². The highest BCUT2D eigenvalue weighted by Gasteiger charge is 2.54. The second-order valence-corrected chi connectivity index (χ2v) is 4.94. The highest BCUT2D eigenvalue weighted by Crippen LogP contribution is 2.46. The molecule has 0 bridgehead atoms. The predicted octanol–water partition coefficient (Wildman–Crippen LogP) is 0.763. The Hall–Kier alpha value is -2.24. The van der Waals surface area contributed by atoms with E-state index in [4.69, 9.17) is 15.7 Å². The fraction of sp³-hybridized carbons (Fsp3) is 0.385. The van der Waals surface area contributed by atoms with Gasteiger partial charge in [-0.15, -0.1) is 0 Å². The maximum atomic E-state index is 12.3. The number of nitrogens with zero attached hydrogens (tertiary/aromatic N) is 1. The van der Waals surface area contributed by atoms with Gasteiger partial charge >= 0.3 is 0 Å². The number of amidine groups is 1. The van der Waals surface area contributed by atoms with Crippen LogP contribution in [0.25, 0.3) is 0 Å². The molecule has 0 aromatic heterocycles. The SMILES string of the molecule is N/C(=N/O)C1(C(=O)NC2COc3ccccc32)CC1. The van der Waals surface area contributed by atoms with E-state index in [0.717, 1.165) is 11.3 Å². The van der Waals surface area contributed by atoms with Crippen molar-refractivity contribution in [2.75, 3.05) is 6.61 Å². The molecule has 1 amide bonds. The Balaban J connectivity index is 1.76. The van der Waals surface area contributed by atoms with E-state index in [0.29, 0.717) is 19.4 Å². The van der Waals surface area contributed by atoms with Crippen LogP contribution in [0, 0.1) is 5.41 Å². The van der Waals surface area contributed by atoms with E-state index in [2.05, 4.69) is 10.5 Å². The summed E-state index contributed by atoms with van der Waals surface area (Å²) in [6, 6.07) is 7.42. The fourth-order valence-corrected chi connectivity index (χ4v) is 2.40. The molecule has 6 heteroatoms. The van der Waals surface area contributed by atoms with Crippen molar-refractivity contribution in [3.63, 3.8) is 0 Å². The minimum Gasteiger partial charge on any atom is -0.491 e. The lowest BCUT2D eigenvalue weighted by molar-refractivity contribution is -0.125. The zero-order valence-electron chi connectivity index (χ0n) is 10.3. The molecule has 1 saturated carbocycles. The number of fused-ring (bicyclic) bond motifs is 1. The first kappa shape index (κ1) is 11.8. The first-order chi connectivity index (χ1) is 9.17. The smallest absolute Gasteiger partial charge is 0.234 e. The van der Waals surface area contributed by atoms with Crippen LogP contribution in [0.4, 0.5) is 0 Å². The second kappa shape index (κ2) is 4.15. The Kier molecular flexibility index (Phi) is 2.58. The summed E-state index contributed by atoms with van der Waals surface area (Å²) in [6.07, 6.45) is 1.23. The minimum absolute atomic E-state index is 0.0165. The van der Waals surface area contributed by atoms with Crippen LogP contribution in [0.3, 0.4) is 0 Å². The lowest BCUT2D eigenvalue weighted by Crippen LogP contribution is -2.42. The molecule has 6 nitrogen and oxygen atoms in total. The molecular weight excluding hydrogens is 246 g/mol. The highest BCUT2D eigenvalue weighted by atomic mass is 16.5. The van der Waals surface area contributed by atoms with E-state index in [1.54, 1.807) is 0 Å². The molecule has 2 aliphatic rings. The van der Waals surface area contributed by atoms with Crippen molar-refractivity contribution in [1.82, 2.24) is 5.32 Å². The minimum atomic E-state index is -0.827. The van der Waals surface area contributed by atoms with Gasteiger partial charge in [0.1, 0.15) is 17.8 Å². The van der Waals surface area contributed by atoms with Gasteiger partial charge in [0, 0.05) is 5.56 Å². The van der Waals surface area contributed by atoms with Gasteiger partial charge in [-0.25, -0.2) is 0 Å². The normalized spacial score (nSPS) is 23.4. The molecule has 3 rings (SSSR count). The van der Waals surface area contributed by atoms with Gasteiger partial charge in [-0.1, -0.05) is 23.4 Å².